The van der Waals surface area contributed by atoms with Crippen LogP contribution >= 0.6 is 0 Å². The highest BCUT2D eigenvalue weighted by Crippen LogP contribution is 2.36. The summed E-state index contributed by atoms with van der Waals surface area (Å²) in [6, 6.07) is 13.2. The van der Waals surface area contributed by atoms with E-state index in [9.17, 15) is 10.0 Å². The molecular formula is C22H22N6O2. The zero-order valence-corrected chi connectivity index (χ0v) is 17.0. The van der Waals surface area contributed by atoms with Gasteiger partial charge in [0.25, 0.3) is 5.91 Å². The number of nitrogens with one attached hydrogen (secondary N) is 1. The number of aryl methyl sites for hydroxylation is 1. The molecule has 8 nitrogen and oxygen atoms in total. The second-order valence-electron chi connectivity index (χ2n) is 7.01. The molecule has 152 valence electrons. The van der Waals surface area contributed by atoms with Crippen LogP contribution in [0.3, 0.4) is 0 Å². The summed E-state index contributed by atoms with van der Waals surface area (Å²) in [5.74, 6) is -0.0947. The maximum absolute atomic E-state index is 12.6. The van der Waals surface area contributed by atoms with Gasteiger partial charge >= 0.3 is 0 Å². The van der Waals surface area contributed by atoms with E-state index in [1.54, 1.807) is 30.5 Å². The first-order valence-corrected chi connectivity index (χ1v) is 9.64. The topological polar surface area (TPSA) is 112 Å². The Labute approximate surface area is 173 Å². The Kier molecular flexibility index (Phi) is 4.83. The van der Waals surface area contributed by atoms with Gasteiger partial charge < -0.3 is 16.3 Å². The molecule has 0 bridgehead atoms. The molecule has 8 heteroatoms. The number of carbonyl (C=O) groups is 1. The molecule has 0 aliphatic rings. The molecular weight excluding hydrogens is 380 g/mol. The van der Waals surface area contributed by atoms with Crippen LogP contribution in [0.4, 0.5) is 5.95 Å². The zero-order valence-electron chi connectivity index (χ0n) is 17.0. The first-order valence-electron chi connectivity index (χ1n) is 9.64. The van der Waals surface area contributed by atoms with Crippen LogP contribution in [0.2, 0.25) is 0 Å². The lowest BCUT2D eigenvalue weighted by Gasteiger charge is -2.15. The summed E-state index contributed by atoms with van der Waals surface area (Å²) >= 11 is 0. The number of pyridine rings is 1. The number of amides is 1. The molecule has 4 rings (SSSR count). The van der Waals surface area contributed by atoms with E-state index in [0.29, 0.717) is 40.4 Å². The highest BCUT2D eigenvalue weighted by Gasteiger charge is 2.24. The fourth-order valence-electron chi connectivity index (χ4n) is 3.51. The highest BCUT2D eigenvalue weighted by molar-refractivity contribution is 5.96. The summed E-state index contributed by atoms with van der Waals surface area (Å²) in [6.45, 7) is 5.83. The number of nitrogens with zero attached hydrogens (tertiary/aromatic N) is 4. The Morgan fingerprint density at radius 1 is 1.17 bits per heavy atom. The molecule has 0 fully saturated rings. The Morgan fingerprint density at radius 2 is 1.90 bits per heavy atom. The van der Waals surface area contributed by atoms with Crippen LogP contribution in [0.1, 0.15) is 28.8 Å². The van der Waals surface area contributed by atoms with Gasteiger partial charge in [0.1, 0.15) is 5.69 Å². The number of carbonyl (C=O) groups excluding carboxylic acids is 1. The van der Waals surface area contributed by atoms with Crippen LogP contribution < -0.4 is 15.8 Å². The molecule has 1 aromatic carbocycles. The Balaban J connectivity index is 2.10. The molecule has 0 saturated heterocycles. The molecule has 0 atom stereocenters. The minimum Gasteiger partial charge on any atom is -0.618 e. The van der Waals surface area contributed by atoms with Crippen molar-refractivity contribution in [2.24, 2.45) is 0 Å². The summed E-state index contributed by atoms with van der Waals surface area (Å²) in [5.41, 5.74) is 10.8. The molecule has 3 heterocycles. The lowest BCUT2D eigenvalue weighted by Crippen LogP contribution is -2.34. The van der Waals surface area contributed by atoms with Crippen molar-refractivity contribution >= 4 is 17.5 Å². The van der Waals surface area contributed by atoms with Crippen molar-refractivity contribution in [3.63, 3.8) is 0 Å². The summed E-state index contributed by atoms with van der Waals surface area (Å²) in [5, 5.41) is 15.3. The van der Waals surface area contributed by atoms with E-state index in [0.717, 1.165) is 10.3 Å². The standard InChI is InChI=1S/C22H22N6O2/c1-4-24-21(29)17-12-27-20(25-17)18(16-11-10-13(2)28(30)14(16)3)19(26-22(27)23)15-8-6-5-7-9-15/h5-12H,4H2,1-3H3,(H2,23,26)(H,24,29). The lowest BCUT2D eigenvalue weighted by molar-refractivity contribution is -0.618. The van der Waals surface area contributed by atoms with Crippen molar-refractivity contribution in [3.05, 3.63) is 71.0 Å². The third-order valence-electron chi connectivity index (χ3n) is 5.03. The fourth-order valence-corrected chi connectivity index (χ4v) is 3.51. The minimum atomic E-state index is -0.299. The number of imidazole rings is 1. The van der Waals surface area contributed by atoms with E-state index >= 15 is 0 Å². The second-order valence-corrected chi connectivity index (χ2v) is 7.01. The number of aromatic nitrogens is 4. The quantitative estimate of drug-likeness (QED) is 0.403. The van der Waals surface area contributed by atoms with Gasteiger partial charge in [0.15, 0.2) is 17.0 Å². The second kappa shape index (κ2) is 7.47. The van der Waals surface area contributed by atoms with Gasteiger partial charge in [0.05, 0.1) is 16.8 Å². The summed E-state index contributed by atoms with van der Waals surface area (Å²) in [4.78, 5) is 21.6. The number of hydrogen-bond donors (Lipinski definition) is 2. The van der Waals surface area contributed by atoms with E-state index in [2.05, 4.69) is 15.3 Å². The molecule has 0 radical (unpaired) electrons. The van der Waals surface area contributed by atoms with Crippen molar-refractivity contribution < 1.29 is 9.52 Å². The highest BCUT2D eigenvalue weighted by atomic mass is 16.5. The first-order chi connectivity index (χ1) is 14.4. The number of hydrogen-bond acceptors (Lipinski definition) is 5. The van der Waals surface area contributed by atoms with Crippen molar-refractivity contribution in [1.82, 2.24) is 19.7 Å². The van der Waals surface area contributed by atoms with Crippen LogP contribution in [0.5, 0.6) is 0 Å². The molecule has 0 aliphatic carbocycles. The average molecular weight is 402 g/mol. The van der Waals surface area contributed by atoms with Gasteiger partial charge in [-0.05, 0) is 13.0 Å². The monoisotopic (exact) mass is 402 g/mol. The largest absolute Gasteiger partial charge is 0.618 e. The molecule has 4 aromatic rings. The van der Waals surface area contributed by atoms with E-state index in [4.69, 9.17) is 5.73 Å². The van der Waals surface area contributed by atoms with Gasteiger partial charge in [-0.3, -0.25) is 9.20 Å². The molecule has 1 amide bonds. The smallest absolute Gasteiger partial charge is 0.271 e. The number of fused-ring (bicyclic) bond motifs is 1. The van der Waals surface area contributed by atoms with Crippen LogP contribution in [-0.4, -0.2) is 26.8 Å². The Morgan fingerprint density at radius 3 is 2.60 bits per heavy atom. The summed E-state index contributed by atoms with van der Waals surface area (Å²) < 4.78 is 2.46. The zero-order chi connectivity index (χ0) is 21.4. The Hall–Kier alpha value is -3.94. The Bertz CT molecular complexity index is 1260. The summed E-state index contributed by atoms with van der Waals surface area (Å²) in [7, 11) is 0. The molecule has 0 unspecified atom stereocenters. The van der Waals surface area contributed by atoms with Crippen LogP contribution in [0.25, 0.3) is 28.0 Å². The number of nitrogens with two attached hydrogens (primary N) is 1. The van der Waals surface area contributed by atoms with Crippen molar-refractivity contribution in [3.8, 4) is 22.4 Å². The van der Waals surface area contributed by atoms with E-state index < -0.39 is 0 Å². The van der Waals surface area contributed by atoms with Gasteiger partial charge in [-0.1, -0.05) is 30.3 Å². The number of benzene rings is 1. The molecule has 0 aliphatic heterocycles. The van der Waals surface area contributed by atoms with E-state index in [1.165, 1.54) is 0 Å². The SMILES string of the molecule is CCNC(=O)c1cn2c(N)nc(-c3ccccc3)c(-c3ccc(C)[n+]([O-])c3C)c2n1. The third-order valence-corrected chi connectivity index (χ3v) is 5.03. The van der Waals surface area contributed by atoms with Crippen LogP contribution in [0.15, 0.2) is 48.7 Å². The van der Waals surface area contributed by atoms with Crippen LogP contribution in [0, 0.1) is 19.1 Å². The van der Waals surface area contributed by atoms with Crippen molar-refractivity contribution in [1.29, 1.82) is 0 Å². The molecule has 0 spiro atoms. The number of rotatable bonds is 4. The third kappa shape index (κ3) is 3.12. The van der Waals surface area contributed by atoms with Gasteiger partial charge in [0.2, 0.25) is 5.95 Å². The minimum absolute atomic E-state index is 0.204. The molecule has 3 N–H and O–H groups in total. The predicted octanol–water partition coefficient (Wildman–Crippen LogP) is 2.65. The van der Waals surface area contributed by atoms with Crippen molar-refractivity contribution in [2.75, 3.05) is 12.3 Å². The van der Waals surface area contributed by atoms with E-state index in [1.807, 2.05) is 43.3 Å². The number of nitrogen functional groups attached to an aromatic ring is 1. The average Bonchev–Trinajstić information content (AvgIpc) is 3.20. The maximum Gasteiger partial charge on any atom is 0.271 e. The normalized spacial score (nSPS) is 11.0. The van der Waals surface area contributed by atoms with E-state index in [-0.39, 0.29) is 17.5 Å². The molecule has 3 aromatic heterocycles. The van der Waals surface area contributed by atoms with Crippen LogP contribution in [-0.2, 0) is 0 Å². The number of anilines is 1. The van der Waals surface area contributed by atoms with Gasteiger partial charge in [-0.25, -0.2) is 9.97 Å². The van der Waals surface area contributed by atoms with Gasteiger partial charge in [0, 0.05) is 38.2 Å². The fraction of sp³-hybridized carbons (Fsp3) is 0.182. The predicted molar refractivity (Wildman–Crippen MR) is 115 cm³/mol. The summed E-state index contributed by atoms with van der Waals surface area (Å²) in [6.07, 6.45) is 1.57. The van der Waals surface area contributed by atoms with Crippen molar-refractivity contribution in [2.45, 2.75) is 20.8 Å². The first kappa shape index (κ1) is 19.4. The lowest BCUT2D eigenvalue weighted by atomic mass is 9.98. The van der Waals surface area contributed by atoms with Gasteiger partial charge in [-0.15, -0.1) is 0 Å². The van der Waals surface area contributed by atoms with Gasteiger partial charge in [-0.2, -0.15) is 4.73 Å². The maximum atomic E-state index is 12.6. The molecule has 30 heavy (non-hydrogen) atoms. The molecule has 0 saturated carbocycles.